The van der Waals surface area contributed by atoms with E-state index in [-0.39, 0.29) is 4.90 Å². The molecule has 0 spiro atoms. The summed E-state index contributed by atoms with van der Waals surface area (Å²) in [5.41, 5.74) is -0.577. The molecule has 0 bridgehead atoms. The Morgan fingerprint density at radius 3 is 2.31 bits per heavy atom. The van der Waals surface area contributed by atoms with Gasteiger partial charge in [-0.15, -0.1) is 11.3 Å². The molecule has 0 unspecified atom stereocenters. The minimum absolute atomic E-state index is 0.161. The Morgan fingerprint density at radius 1 is 1.38 bits per heavy atom. The summed E-state index contributed by atoms with van der Waals surface area (Å²) >= 11 is 7.70. The van der Waals surface area contributed by atoms with Crippen LogP contribution in [0.25, 0.3) is 0 Å². The maximum absolute atomic E-state index is 11.8. The molecule has 16 heavy (non-hydrogen) atoms. The fourth-order valence-electron chi connectivity index (χ4n) is 0.733. The van der Waals surface area contributed by atoms with E-state index < -0.39 is 15.6 Å². The monoisotopic (exact) mass is 391 g/mol. The van der Waals surface area contributed by atoms with E-state index in [0.717, 1.165) is 3.79 Å². The van der Waals surface area contributed by atoms with Gasteiger partial charge in [-0.25, -0.2) is 8.42 Å². The third kappa shape index (κ3) is 4.08. The van der Waals surface area contributed by atoms with Crippen molar-refractivity contribution in [2.24, 2.45) is 0 Å². The van der Waals surface area contributed by atoms with Gasteiger partial charge < -0.3 is 0 Å². The van der Waals surface area contributed by atoms with E-state index in [0.29, 0.717) is 3.79 Å². The average molecular weight is 393 g/mol. The minimum Gasteiger partial charge on any atom is -0.281 e. The van der Waals surface area contributed by atoms with Crippen LogP contribution in [-0.2, 0) is 14.9 Å². The topological polar surface area (TPSA) is 55.4 Å². The second-order valence-corrected chi connectivity index (χ2v) is 9.35. The molecule has 0 amide bonds. The summed E-state index contributed by atoms with van der Waals surface area (Å²) in [5, 5.41) is 0. The van der Waals surface area contributed by atoms with Crippen LogP contribution in [0.15, 0.2) is 18.5 Å². The third-order valence-electron chi connectivity index (χ3n) is 1.37. The first-order valence-electron chi connectivity index (χ1n) is 4.26. The molecule has 1 aromatic rings. The Balaban J connectivity index is 2.91. The molecule has 1 aromatic heterocycles. The van der Waals surface area contributed by atoms with Crippen LogP contribution in [-0.4, -0.2) is 14.0 Å². The smallest absolute Gasteiger partial charge is 0.264 e. The number of rotatable bonds is 3. The molecule has 0 radical (unpaired) electrons. The van der Waals surface area contributed by atoms with Gasteiger partial charge in [-0.05, 0) is 58.7 Å². The van der Waals surface area contributed by atoms with Gasteiger partial charge in [0.05, 0.1) is 13.2 Å². The van der Waals surface area contributed by atoms with Gasteiger partial charge in [-0.1, -0.05) is 4.89 Å². The molecular formula is C8H11Br2NO3S2. The van der Waals surface area contributed by atoms with Crippen LogP contribution in [0.3, 0.4) is 0 Å². The van der Waals surface area contributed by atoms with Gasteiger partial charge in [0.1, 0.15) is 4.90 Å². The Bertz CT molecular complexity index is 476. The van der Waals surface area contributed by atoms with Gasteiger partial charge in [-0.2, -0.15) is 0 Å². The molecule has 0 saturated carbocycles. The highest BCUT2D eigenvalue weighted by atomic mass is 79.9. The van der Waals surface area contributed by atoms with Crippen molar-refractivity contribution in [3.63, 3.8) is 0 Å². The largest absolute Gasteiger partial charge is 0.281 e. The Morgan fingerprint density at radius 2 is 1.94 bits per heavy atom. The summed E-state index contributed by atoms with van der Waals surface area (Å²) in [4.78, 5) is 7.30. The zero-order valence-corrected chi connectivity index (χ0v) is 13.7. The van der Waals surface area contributed by atoms with Crippen LogP contribution in [0.4, 0.5) is 0 Å². The summed E-state index contributed by atoms with van der Waals surface area (Å²) in [6.07, 6.45) is 0. The molecule has 1 N–H and O–H groups in total. The molecule has 8 heteroatoms. The molecule has 0 aliphatic rings. The predicted molar refractivity (Wildman–Crippen MR) is 70.9 cm³/mol. The quantitative estimate of drug-likeness (QED) is 0.803. The van der Waals surface area contributed by atoms with Crippen LogP contribution in [0.1, 0.15) is 20.8 Å². The van der Waals surface area contributed by atoms with Crippen molar-refractivity contribution in [2.45, 2.75) is 31.3 Å². The van der Waals surface area contributed by atoms with Crippen LogP contribution < -0.4 is 4.89 Å². The fraction of sp³-hybridized carbons (Fsp3) is 0.500. The molecule has 0 saturated heterocycles. The van der Waals surface area contributed by atoms with Crippen LogP contribution in [0, 0.1) is 0 Å². The predicted octanol–water partition coefficient (Wildman–Crippen LogP) is 3.28. The lowest BCUT2D eigenvalue weighted by Crippen LogP contribution is -2.33. The lowest BCUT2D eigenvalue weighted by Gasteiger charge is -2.18. The first-order chi connectivity index (χ1) is 7.12. The summed E-state index contributed by atoms with van der Waals surface area (Å²) in [5.74, 6) is 0. The molecular weight excluding hydrogens is 382 g/mol. The molecule has 92 valence electrons. The maximum Gasteiger partial charge on any atom is 0.264 e. The highest BCUT2D eigenvalue weighted by Crippen LogP contribution is 2.34. The van der Waals surface area contributed by atoms with Crippen molar-refractivity contribution in [3.8, 4) is 0 Å². The number of hydrogen-bond acceptors (Lipinski definition) is 4. The molecule has 1 heterocycles. The summed E-state index contributed by atoms with van der Waals surface area (Å²) < 4.78 is 24.9. The summed E-state index contributed by atoms with van der Waals surface area (Å²) in [7, 11) is -3.64. The number of thiophene rings is 1. The van der Waals surface area contributed by atoms with Gasteiger partial charge in [0, 0.05) is 0 Å². The SMILES string of the molecule is CC(C)(C)ONS(=O)(=O)c1cc(Br)sc1Br. The first kappa shape index (κ1) is 14.6. The lowest BCUT2D eigenvalue weighted by molar-refractivity contribution is -0.0357. The molecule has 4 nitrogen and oxygen atoms in total. The van der Waals surface area contributed by atoms with Gasteiger partial charge in [0.15, 0.2) is 0 Å². The molecule has 0 aromatic carbocycles. The van der Waals surface area contributed by atoms with E-state index in [9.17, 15) is 8.42 Å². The van der Waals surface area contributed by atoms with Gasteiger partial charge in [0.25, 0.3) is 10.0 Å². The van der Waals surface area contributed by atoms with Gasteiger partial charge >= 0.3 is 0 Å². The average Bonchev–Trinajstić information content (AvgIpc) is 2.42. The van der Waals surface area contributed by atoms with Gasteiger partial charge in [0.2, 0.25) is 0 Å². The standard InChI is InChI=1S/C8H11Br2NO3S2/c1-8(2,3)14-11-16(12,13)5-4-6(9)15-7(5)10/h4,11H,1-3H3. The number of halogens is 2. The van der Waals surface area contributed by atoms with E-state index in [1.165, 1.54) is 17.4 Å². The van der Waals surface area contributed by atoms with E-state index in [2.05, 4.69) is 36.7 Å². The summed E-state index contributed by atoms with van der Waals surface area (Å²) in [6.45, 7) is 5.27. The zero-order chi connectivity index (χ0) is 12.6. The van der Waals surface area contributed by atoms with Crippen LogP contribution in [0.2, 0.25) is 0 Å². The second-order valence-electron chi connectivity index (χ2n) is 3.99. The van der Waals surface area contributed by atoms with E-state index in [1.54, 1.807) is 20.8 Å². The van der Waals surface area contributed by atoms with Crippen LogP contribution in [0.5, 0.6) is 0 Å². The molecule has 1 rings (SSSR count). The lowest BCUT2D eigenvalue weighted by atomic mass is 10.2. The number of sulfonamides is 1. The summed E-state index contributed by atoms with van der Waals surface area (Å²) in [6, 6.07) is 1.52. The Kier molecular flexibility index (Phi) is 4.59. The maximum atomic E-state index is 11.8. The van der Waals surface area contributed by atoms with Crippen molar-refractivity contribution in [1.29, 1.82) is 0 Å². The fourth-order valence-corrected chi connectivity index (χ4v) is 5.50. The third-order valence-corrected chi connectivity index (χ3v) is 5.31. The zero-order valence-electron chi connectivity index (χ0n) is 8.87. The first-order valence-corrected chi connectivity index (χ1v) is 8.15. The second kappa shape index (κ2) is 5.03. The van der Waals surface area contributed by atoms with Crippen molar-refractivity contribution >= 4 is 53.2 Å². The van der Waals surface area contributed by atoms with Crippen molar-refractivity contribution < 1.29 is 13.3 Å². The van der Waals surface area contributed by atoms with Crippen molar-refractivity contribution in [1.82, 2.24) is 4.89 Å². The molecule has 0 aliphatic heterocycles. The van der Waals surface area contributed by atoms with Crippen molar-refractivity contribution in [2.75, 3.05) is 0 Å². The Hall–Kier alpha value is 0.530. The molecule has 0 atom stereocenters. The highest BCUT2D eigenvalue weighted by Gasteiger charge is 2.23. The Labute approximate surface area is 116 Å². The molecule has 0 aliphatic carbocycles. The number of hydrogen-bond donors (Lipinski definition) is 1. The van der Waals surface area contributed by atoms with Crippen molar-refractivity contribution in [3.05, 3.63) is 13.6 Å². The van der Waals surface area contributed by atoms with E-state index >= 15 is 0 Å². The van der Waals surface area contributed by atoms with Gasteiger partial charge in [-0.3, -0.25) is 4.84 Å². The molecule has 0 fully saturated rings. The minimum atomic E-state index is -3.64. The van der Waals surface area contributed by atoms with Crippen LogP contribution >= 0.6 is 43.2 Å². The van der Waals surface area contributed by atoms with E-state index in [1.807, 2.05) is 0 Å². The van der Waals surface area contributed by atoms with E-state index in [4.69, 9.17) is 4.84 Å². The normalized spacial score (nSPS) is 13.1. The highest BCUT2D eigenvalue weighted by molar-refractivity contribution is 9.12. The number of nitrogens with one attached hydrogen (secondary N) is 1.